The molecule has 5 heteroatoms. The van der Waals surface area contributed by atoms with Crippen LogP contribution in [-0.4, -0.2) is 22.8 Å². The Balaban J connectivity index is 1.73. The van der Waals surface area contributed by atoms with Crippen molar-refractivity contribution in [1.82, 2.24) is 0 Å². The summed E-state index contributed by atoms with van der Waals surface area (Å²) in [5, 5.41) is 9.49. The number of carboxylic acids is 1. The number of fused-ring (bicyclic) bond motifs is 1. The Bertz CT molecular complexity index is 1140. The summed E-state index contributed by atoms with van der Waals surface area (Å²) in [6.07, 6.45) is 1.06. The van der Waals surface area contributed by atoms with Crippen molar-refractivity contribution in [2.24, 2.45) is 0 Å². The van der Waals surface area contributed by atoms with Crippen LogP contribution in [0.15, 0.2) is 71.6 Å². The predicted octanol–water partition coefficient (Wildman–Crippen LogP) is 6.18. The van der Waals surface area contributed by atoms with Crippen molar-refractivity contribution in [2.75, 3.05) is 5.75 Å². The van der Waals surface area contributed by atoms with Crippen molar-refractivity contribution in [3.8, 4) is 11.1 Å². The minimum absolute atomic E-state index is 0.0228. The fourth-order valence-electron chi connectivity index (χ4n) is 3.80. The number of aromatic carboxylic acids is 1. The number of thioether (sulfide) groups is 1. The molecule has 0 unspecified atom stereocenters. The molecule has 3 aromatic rings. The summed E-state index contributed by atoms with van der Waals surface area (Å²) in [5.74, 6) is -0.424. The molecule has 0 atom stereocenters. The van der Waals surface area contributed by atoms with E-state index in [1.54, 1.807) is 12.1 Å². The smallest absolute Gasteiger partial charge is 0.339 e. The van der Waals surface area contributed by atoms with Crippen LogP contribution < -0.4 is 0 Å². The van der Waals surface area contributed by atoms with Crippen LogP contribution in [0.5, 0.6) is 0 Å². The second-order valence-corrected chi connectivity index (χ2v) is 9.46. The lowest BCUT2D eigenvalue weighted by molar-refractivity contribution is 0.0472. The molecule has 0 spiro atoms. The van der Waals surface area contributed by atoms with Crippen molar-refractivity contribution in [2.45, 2.75) is 37.2 Å². The van der Waals surface area contributed by atoms with Gasteiger partial charge in [-0.25, -0.2) is 9.59 Å². The van der Waals surface area contributed by atoms with Gasteiger partial charge in [0.25, 0.3) is 0 Å². The van der Waals surface area contributed by atoms with Crippen LogP contribution in [0.25, 0.3) is 11.1 Å². The van der Waals surface area contributed by atoms with Crippen LogP contribution in [0.1, 0.15) is 52.1 Å². The molecule has 1 aliphatic rings. The van der Waals surface area contributed by atoms with Gasteiger partial charge in [0.05, 0.1) is 11.1 Å². The third kappa shape index (κ3) is 4.52. The van der Waals surface area contributed by atoms with E-state index in [1.165, 1.54) is 16.5 Å². The third-order valence-corrected chi connectivity index (χ3v) is 6.78. The summed E-state index contributed by atoms with van der Waals surface area (Å²) in [5.41, 5.74) is 4.05. The largest absolute Gasteiger partial charge is 0.478 e. The van der Waals surface area contributed by atoms with Gasteiger partial charge in [0, 0.05) is 4.90 Å². The predicted molar refractivity (Wildman–Crippen MR) is 123 cm³/mol. The van der Waals surface area contributed by atoms with Crippen LogP contribution >= 0.6 is 11.8 Å². The first-order chi connectivity index (χ1) is 14.8. The molecule has 0 bridgehead atoms. The first kappa shape index (κ1) is 21.2. The zero-order valence-electron chi connectivity index (χ0n) is 17.6. The fourth-order valence-corrected chi connectivity index (χ4v) is 5.29. The second kappa shape index (κ2) is 8.60. The van der Waals surface area contributed by atoms with Crippen LogP contribution in [0.2, 0.25) is 0 Å². The highest BCUT2D eigenvalue weighted by molar-refractivity contribution is 7.99. The molecule has 0 aromatic heterocycles. The van der Waals surface area contributed by atoms with Crippen molar-refractivity contribution in [1.29, 1.82) is 0 Å². The Morgan fingerprint density at radius 2 is 1.81 bits per heavy atom. The number of ether oxygens (including phenoxy) is 1. The lowest BCUT2D eigenvalue weighted by Crippen LogP contribution is -2.22. The Hall–Kier alpha value is -3.05. The highest BCUT2D eigenvalue weighted by Gasteiger charge is 2.28. The molecule has 0 fully saturated rings. The average Bonchev–Trinajstić information content (AvgIpc) is 2.77. The molecular formula is C26H24O4S. The molecule has 0 saturated heterocycles. The summed E-state index contributed by atoms with van der Waals surface area (Å²) < 4.78 is 5.54. The van der Waals surface area contributed by atoms with Crippen LogP contribution in [0.4, 0.5) is 0 Å². The fraction of sp³-hybridized carbons (Fsp3) is 0.231. The SMILES string of the molecule is CC1(C)CCSc2ccc(-c3cc(C(=O)O)ccc3C(=O)OCc3ccccc3)cc21. The number of hydrogen-bond donors (Lipinski definition) is 1. The van der Waals surface area contributed by atoms with Gasteiger partial charge in [-0.05, 0) is 70.2 Å². The van der Waals surface area contributed by atoms with E-state index in [-0.39, 0.29) is 17.6 Å². The van der Waals surface area contributed by atoms with Gasteiger partial charge in [0.2, 0.25) is 0 Å². The van der Waals surface area contributed by atoms with Crippen molar-refractivity contribution >= 4 is 23.7 Å². The van der Waals surface area contributed by atoms with Gasteiger partial charge in [-0.3, -0.25) is 0 Å². The molecule has 0 aliphatic carbocycles. The molecule has 0 amide bonds. The van der Waals surface area contributed by atoms with E-state index in [2.05, 4.69) is 26.0 Å². The van der Waals surface area contributed by atoms with Gasteiger partial charge in [-0.2, -0.15) is 0 Å². The van der Waals surface area contributed by atoms with E-state index in [0.717, 1.165) is 23.3 Å². The maximum absolute atomic E-state index is 12.9. The summed E-state index contributed by atoms with van der Waals surface area (Å²) in [7, 11) is 0. The summed E-state index contributed by atoms with van der Waals surface area (Å²) in [4.78, 5) is 25.8. The minimum atomic E-state index is -1.03. The zero-order valence-corrected chi connectivity index (χ0v) is 18.4. The average molecular weight is 433 g/mol. The molecule has 0 radical (unpaired) electrons. The number of benzene rings is 3. The molecule has 3 aromatic carbocycles. The van der Waals surface area contributed by atoms with Crippen molar-refractivity contribution in [3.63, 3.8) is 0 Å². The lowest BCUT2D eigenvalue weighted by Gasteiger charge is -2.32. The number of carbonyl (C=O) groups is 2. The zero-order chi connectivity index (χ0) is 22.0. The molecule has 1 aliphatic heterocycles. The highest BCUT2D eigenvalue weighted by Crippen LogP contribution is 2.43. The first-order valence-electron chi connectivity index (χ1n) is 10.2. The van der Waals surface area contributed by atoms with Gasteiger partial charge >= 0.3 is 11.9 Å². The van der Waals surface area contributed by atoms with Gasteiger partial charge < -0.3 is 9.84 Å². The lowest BCUT2D eigenvalue weighted by atomic mass is 9.80. The number of carboxylic acid groups (broad SMARTS) is 1. The molecule has 31 heavy (non-hydrogen) atoms. The van der Waals surface area contributed by atoms with E-state index >= 15 is 0 Å². The van der Waals surface area contributed by atoms with E-state index in [4.69, 9.17) is 4.74 Å². The summed E-state index contributed by atoms with van der Waals surface area (Å²) >= 11 is 1.83. The van der Waals surface area contributed by atoms with Crippen LogP contribution in [0, 0.1) is 0 Å². The van der Waals surface area contributed by atoms with Gasteiger partial charge in [-0.1, -0.05) is 50.2 Å². The van der Waals surface area contributed by atoms with Crippen molar-refractivity contribution in [3.05, 3.63) is 89.0 Å². The van der Waals surface area contributed by atoms with Crippen molar-refractivity contribution < 1.29 is 19.4 Å². The Kier molecular flexibility index (Phi) is 5.88. The van der Waals surface area contributed by atoms with Crippen LogP contribution in [-0.2, 0) is 16.8 Å². The van der Waals surface area contributed by atoms with E-state index in [0.29, 0.717) is 11.1 Å². The number of rotatable bonds is 5. The second-order valence-electron chi connectivity index (χ2n) is 8.32. The quantitative estimate of drug-likeness (QED) is 0.488. The monoisotopic (exact) mass is 432 g/mol. The van der Waals surface area contributed by atoms with E-state index < -0.39 is 11.9 Å². The number of esters is 1. The van der Waals surface area contributed by atoms with E-state index in [1.807, 2.05) is 48.2 Å². The summed E-state index contributed by atoms with van der Waals surface area (Å²) in [6.45, 7) is 4.60. The first-order valence-corrected chi connectivity index (χ1v) is 11.2. The standard InChI is InChI=1S/C26H24O4S/c1-26(2)12-13-31-23-11-9-18(15-22(23)26)21-14-19(24(27)28)8-10-20(21)25(29)30-16-17-6-4-3-5-7-17/h3-11,14-15H,12-13,16H2,1-2H3,(H,27,28). The third-order valence-electron chi connectivity index (χ3n) is 5.70. The molecule has 1 heterocycles. The Labute approximate surface area is 186 Å². The molecule has 1 N–H and O–H groups in total. The number of carbonyl (C=O) groups excluding carboxylic acids is 1. The maximum Gasteiger partial charge on any atom is 0.339 e. The van der Waals surface area contributed by atoms with Gasteiger partial charge in [0.1, 0.15) is 6.61 Å². The molecule has 0 saturated carbocycles. The molecule has 4 rings (SSSR count). The molecular weight excluding hydrogens is 408 g/mol. The van der Waals surface area contributed by atoms with Gasteiger partial charge in [-0.15, -0.1) is 11.8 Å². The Morgan fingerprint density at radius 3 is 2.55 bits per heavy atom. The molecule has 158 valence electrons. The minimum Gasteiger partial charge on any atom is -0.478 e. The number of hydrogen-bond acceptors (Lipinski definition) is 4. The normalized spacial score (nSPS) is 14.5. The molecule has 4 nitrogen and oxygen atoms in total. The van der Waals surface area contributed by atoms with Crippen LogP contribution in [0.3, 0.4) is 0 Å². The maximum atomic E-state index is 12.9. The van der Waals surface area contributed by atoms with Gasteiger partial charge in [0.15, 0.2) is 0 Å². The summed E-state index contributed by atoms with van der Waals surface area (Å²) in [6, 6.07) is 20.2. The van der Waals surface area contributed by atoms with E-state index in [9.17, 15) is 14.7 Å². The topological polar surface area (TPSA) is 63.6 Å². The highest BCUT2D eigenvalue weighted by atomic mass is 32.2. The Morgan fingerprint density at radius 1 is 1.03 bits per heavy atom.